The van der Waals surface area contributed by atoms with Crippen molar-refractivity contribution in [3.05, 3.63) is 102 Å². The monoisotopic (exact) mass is 653 g/mol. The maximum Gasteiger partial charge on any atom is 0.407 e. The number of Topliss-reactive ketones (excluding diaryl/α,β-unsaturated/α-hetero) is 1. The van der Waals surface area contributed by atoms with E-state index in [9.17, 15) is 24.3 Å². The summed E-state index contributed by atoms with van der Waals surface area (Å²) in [7, 11) is 0. The van der Waals surface area contributed by atoms with E-state index < -0.39 is 47.0 Å². The molecule has 48 heavy (non-hydrogen) atoms. The van der Waals surface area contributed by atoms with E-state index in [2.05, 4.69) is 10.7 Å². The fourth-order valence-electron chi connectivity index (χ4n) is 7.17. The molecule has 1 unspecified atom stereocenters. The highest BCUT2D eigenvalue weighted by molar-refractivity contribution is 5.99. The number of amides is 2. The van der Waals surface area contributed by atoms with Gasteiger partial charge in [-0.1, -0.05) is 119 Å². The second kappa shape index (κ2) is 15.9. The Morgan fingerprint density at radius 2 is 1.42 bits per heavy atom. The normalized spacial score (nSPS) is 15.7. The number of carbonyl (C=O) groups excluding carboxylic acids is 3. The third-order valence-corrected chi connectivity index (χ3v) is 9.08. The number of ketones is 1. The lowest BCUT2D eigenvalue weighted by Gasteiger charge is -2.41. The SMILES string of the molecule is CC(C)C[C@@H](C(=O)NN)[C@H](C(=O)O)C(C=Cc1ccccc1)(CC(C)C)C(=O)[C@@H](C)NC(=O)OCC1c2ccccc2-c2ccccc21. The van der Waals surface area contributed by atoms with Gasteiger partial charge in [0.1, 0.15) is 6.61 Å². The van der Waals surface area contributed by atoms with Crippen LogP contribution in [-0.4, -0.2) is 41.5 Å². The van der Waals surface area contributed by atoms with Gasteiger partial charge < -0.3 is 15.2 Å². The van der Waals surface area contributed by atoms with Gasteiger partial charge in [-0.3, -0.25) is 19.8 Å². The molecule has 0 aromatic heterocycles. The van der Waals surface area contributed by atoms with Gasteiger partial charge in [0, 0.05) is 5.92 Å². The van der Waals surface area contributed by atoms with E-state index in [1.807, 2.05) is 107 Å². The topological polar surface area (TPSA) is 148 Å². The Morgan fingerprint density at radius 3 is 1.94 bits per heavy atom. The van der Waals surface area contributed by atoms with Crippen LogP contribution >= 0.6 is 0 Å². The van der Waals surface area contributed by atoms with Gasteiger partial charge in [-0.15, -0.1) is 0 Å². The van der Waals surface area contributed by atoms with Crippen molar-refractivity contribution in [2.45, 2.75) is 59.4 Å². The van der Waals surface area contributed by atoms with Gasteiger partial charge in [-0.2, -0.15) is 0 Å². The summed E-state index contributed by atoms with van der Waals surface area (Å²) in [4.78, 5) is 54.5. The van der Waals surface area contributed by atoms with Crippen molar-refractivity contribution >= 4 is 29.8 Å². The number of carboxylic acids is 1. The highest BCUT2D eigenvalue weighted by Gasteiger charge is 2.54. The van der Waals surface area contributed by atoms with Gasteiger partial charge in [0.05, 0.1) is 23.3 Å². The summed E-state index contributed by atoms with van der Waals surface area (Å²) < 4.78 is 5.73. The summed E-state index contributed by atoms with van der Waals surface area (Å²) >= 11 is 0. The molecule has 4 rings (SSSR count). The highest BCUT2D eigenvalue weighted by Crippen LogP contribution is 2.46. The molecule has 0 saturated heterocycles. The minimum atomic E-state index is -1.70. The minimum absolute atomic E-state index is 0.0523. The lowest BCUT2D eigenvalue weighted by Crippen LogP contribution is -2.55. The number of nitrogens with two attached hydrogens (primary N) is 1. The zero-order chi connectivity index (χ0) is 35.0. The predicted molar refractivity (Wildman–Crippen MR) is 186 cm³/mol. The van der Waals surface area contributed by atoms with E-state index in [1.165, 1.54) is 6.92 Å². The maximum atomic E-state index is 14.7. The number of carbonyl (C=O) groups is 4. The molecule has 0 spiro atoms. The number of aliphatic carboxylic acids is 1. The Labute approximate surface area is 282 Å². The molecule has 9 heteroatoms. The number of carboxylic acid groups (broad SMARTS) is 1. The largest absolute Gasteiger partial charge is 0.481 e. The van der Waals surface area contributed by atoms with Crippen LogP contribution in [-0.2, 0) is 19.1 Å². The Morgan fingerprint density at radius 1 is 0.854 bits per heavy atom. The molecular formula is C39H47N3O6. The standard InChI is InChI=1S/C39H47N3O6/c1-24(2)21-32(36(44)42-40)34(37(45)46)39(22-25(3)4,20-19-27-13-7-6-8-14-27)35(43)26(5)41-38(47)48-23-33-30-17-11-9-15-28(30)29-16-10-12-18-31(29)33/h6-20,24-26,32-34H,21-23,40H2,1-5H3,(H,41,47)(H,42,44)(H,45,46)/t26-,32-,34-,39?/m1/s1. The highest BCUT2D eigenvalue weighted by atomic mass is 16.5. The molecule has 0 heterocycles. The first-order chi connectivity index (χ1) is 22.9. The Bertz CT molecular complexity index is 1590. The average molecular weight is 654 g/mol. The lowest BCUT2D eigenvalue weighted by molar-refractivity contribution is -0.158. The summed E-state index contributed by atoms with van der Waals surface area (Å²) in [5, 5.41) is 13.5. The van der Waals surface area contributed by atoms with Gasteiger partial charge in [0.25, 0.3) is 0 Å². The van der Waals surface area contributed by atoms with Crippen LogP contribution < -0.4 is 16.6 Å². The molecule has 4 atom stereocenters. The Balaban J connectivity index is 1.68. The van der Waals surface area contributed by atoms with Crippen LogP contribution in [0.4, 0.5) is 4.79 Å². The lowest BCUT2D eigenvalue weighted by atomic mass is 9.60. The molecule has 3 aromatic carbocycles. The van der Waals surface area contributed by atoms with Gasteiger partial charge in [-0.25, -0.2) is 10.6 Å². The molecule has 1 aliphatic carbocycles. The smallest absolute Gasteiger partial charge is 0.407 e. The number of rotatable bonds is 15. The van der Waals surface area contributed by atoms with Crippen molar-refractivity contribution in [2.75, 3.05) is 6.61 Å². The minimum Gasteiger partial charge on any atom is -0.481 e. The van der Waals surface area contributed by atoms with Crippen LogP contribution in [0.5, 0.6) is 0 Å². The number of allylic oxidation sites excluding steroid dienone is 1. The van der Waals surface area contributed by atoms with Crippen LogP contribution in [0.3, 0.4) is 0 Å². The quantitative estimate of drug-likeness (QED) is 0.0823. The molecular weight excluding hydrogens is 606 g/mol. The second-order valence-electron chi connectivity index (χ2n) is 13.5. The number of ether oxygens (including phenoxy) is 1. The molecule has 1 aliphatic rings. The van der Waals surface area contributed by atoms with Crippen LogP contribution in [0.1, 0.15) is 70.1 Å². The molecule has 0 saturated carbocycles. The fraction of sp³-hybridized carbons (Fsp3) is 0.385. The third kappa shape index (κ3) is 8.02. The van der Waals surface area contributed by atoms with Crippen LogP contribution in [0, 0.1) is 29.1 Å². The molecule has 3 aromatic rings. The predicted octanol–water partition coefficient (Wildman–Crippen LogP) is 6.58. The number of hydrogen-bond donors (Lipinski definition) is 4. The molecule has 5 N–H and O–H groups in total. The molecule has 9 nitrogen and oxygen atoms in total. The third-order valence-electron chi connectivity index (χ3n) is 9.08. The Kier molecular flexibility index (Phi) is 11.9. The van der Waals surface area contributed by atoms with Gasteiger partial charge in [-0.05, 0) is 59.4 Å². The number of nitrogens with one attached hydrogen (secondary N) is 2. The van der Waals surface area contributed by atoms with Crippen molar-refractivity contribution < 1.29 is 29.0 Å². The molecule has 0 bridgehead atoms. The van der Waals surface area contributed by atoms with E-state index in [0.29, 0.717) is 0 Å². The van der Waals surface area contributed by atoms with E-state index in [4.69, 9.17) is 10.6 Å². The summed E-state index contributed by atoms with van der Waals surface area (Å²) in [6.45, 7) is 9.11. The van der Waals surface area contributed by atoms with Gasteiger partial charge in [0.15, 0.2) is 5.78 Å². The van der Waals surface area contributed by atoms with Gasteiger partial charge >= 0.3 is 12.1 Å². The number of hydrazine groups is 1. The van der Waals surface area contributed by atoms with Crippen molar-refractivity contribution in [1.29, 1.82) is 0 Å². The van der Waals surface area contributed by atoms with Crippen molar-refractivity contribution in [3.8, 4) is 11.1 Å². The molecule has 254 valence electrons. The number of alkyl carbamates (subject to hydrolysis) is 1. The van der Waals surface area contributed by atoms with Crippen LogP contribution in [0.25, 0.3) is 17.2 Å². The molecule has 2 amide bonds. The maximum absolute atomic E-state index is 14.7. The van der Waals surface area contributed by atoms with Crippen molar-refractivity contribution in [2.24, 2.45) is 34.9 Å². The summed E-state index contributed by atoms with van der Waals surface area (Å²) in [5.74, 6) is 0.0568. The first-order valence-corrected chi connectivity index (χ1v) is 16.5. The molecule has 0 aliphatic heterocycles. The first kappa shape index (κ1) is 36.1. The number of hydrogen-bond acceptors (Lipinski definition) is 6. The zero-order valence-corrected chi connectivity index (χ0v) is 28.3. The average Bonchev–Trinajstić information content (AvgIpc) is 3.38. The van der Waals surface area contributed by atoms with Gasteiger partial charge in [0.2, 0.25) is 5.91 Å². The van der Waals surface area contributed by atoms with E-state index in [-0.39, 0.29) is 37.2 Å². The van der Waals surface area contributed by atoms with E-state index >= 15 is 0 Å². The van der Waals surface area contributed by atoms with Crippen molar-refractivity contribution in [3.63, 3.8) is 0 Å². The van der Waals surface area contributed by atoms with Crippen molar-refractivity contribution in [1.82, 2.24) is 10.7 Å². The summed E-state index contributed by atoms with van der Waals surface area (Å²) in [5.41, 5.74) is 5.48. The van der Waals surface area contributed by atoms with Crippen LogP contribution in [0.2, 0.25) is 0 Å². The first-order valence-electron chi connectivity index (χ1n) is 16.5. The number of fused-ring (bicyclic) bond motifs is 3. The Hall–Kier alpha value is -4.76. The molecule has 0 fully saturated rings. The number of benzene rings is 3. The second-order valence-corrected chi connectivity index (χ2v) is 13.5. The van der Waals surface area contributed by atoms with E-state index in [0.717, 1.165) is 27.8 Å². The molecule has 0 radical (unpaired) electrons. The summed E-state index contributed by atoms with van der Waals surface area (Å²) in [6, 6.07) is 24.0. The fourth-order valence-corrected chi connectivity index (χ4v) is 7.17. The zero-order valence-electron chi connectivity index (χ0n) is 28.3. The summed E-state index contributed by atoms with van der Waals surface area (Å²) in [6.07, 6.45) is 2.81. The van der Waals surface area contributed by atoms with E-state index in [1.54, 1.807) is 12.2 Å². The van der Waals surface area contributed by atoms with Crippen LogP contribution in [0.15, 0.2) is 84.9 Å².